The number of hydrogen-bond donors (Lipinski definition) is 2. The number of nitrogens with zero attached hydrogens (tertiary/aromatic N) is 1. The van der Waals surface area contributed by atoms with Gasteiger partial charge in [0, 0.05) is 24.9 Å². The summed E-state index contributed by atoms with van der Waals surface area (Å²) in [6.45, 7) is 4.11. The van der Waals surface area contributed by atoms with Crippen LogP contribution >= 0.6 is 0 Å². The second-order valence-corrected chi connectivity index (χ2v) is 9.36. The van der Waals surface area contributed by atoms with Crippen molar-refractivity contribution in [2.45, 2.75) is 63.5 Å². The third kappa shape index (κ3) is 4.52. The van der Waals surface area contributed by atoms with Crippen LogP contribution in [0.5, 0.6) is 0 Å². The standard InChI is InChI=1S/C27H32N2O5/c1-3-18(16-24(30)29-15-9-8-14-27(29,2)25(31)32)28-26(33)34-17-23-21-12-6-4-10-19(21)20-11-5-7-13-22(20)23/h4-7,10-13,18,23H,3,8-9,14-17H2,1-2H3,(H,28,33)(H,31,32)/t18-,27?/m0/s1. The zero-order chi connectivity index (χ0) is 24.3. The van der Waals surface area contributed by atoms with Crippen molar-refractivity contribution < 1.29 is 24.2 Å². The highest BCUT2D eigenvalue weighted by molar-refractivity contribution is 5.87. The number of carboxylic acid groups (broad SMARTS) is 1. The maximum atomic E-state index is 13.0. The monoisotopic (exact) mass is 464 g/mol. The van der Waals surface area contributed by atoms with Crippen molar-refractivity contribution >= 4 is 18.0 Å². The molecule has 0 radical (unpaired) electrons. The quantitative estimate of drug-likeness (QED) is 0.627. The lowest BCUT2D eigenvalue weighted by molar-refractivity contribution is -0.161. The molecular weight excluding hydrogens is 432 g/mol. The van der Waals surface area contributed by atoms with Crippen LogP contribution in [-0.4, -0.2) is 52.7 Å². The van der Waals surface area contributed by atoms with Gasteiger partial charge in [-0.15, -0.1) is 0 Å². The molecule has 2 aliphatic rings. The van der Waals surface area contributed by atoms with Crippen molar-refractivity contribution in [3.8, 4) is 11.1 Å². The number of ether oxygens (including phenoxy) is 1. The maximum Gasteiger partial charge on any atom is 0.407 e. The number of hydrogen-bond acceptors (Lipinski definition) is 4. The second kappa shape index (κ2) is 9.87. The molecular formula is C27H32N2O5. The summed E-state index contributed by atoms with van der Waals surface area (Å²) in [6, 6.07) is 15.8. The third-order valence-corrected chi connectivity index (χ3v) is 7.23. The van der Waals surface area contributed by atoms with E-state index in [1.54, 1.807) is 6.92 Å². The molecule has 1 fully saturated rings. The van der Waals surface area contributed by atoms with Gasteiger partial charge in [-0.2, -0.15) is 0 Å². The Labute approximate surface area is 200 Å². The molecule has 2 amide bonds. The van der Waals surface area contributed by atoms with Gasteiger partial charge < -0.3 is 20.1 Å². The second-order valence-electron chi connectivity index (χ2n) is 9.36. The van der Waals surface area contributed by atoms with Gasteiger partial charge in [0.05, 0.1) is 0 Å². The topological polar surface area (TPSA) is 95.9 Å². The Bertz CT molecular complexity index is 1040. The molecule has 7 heteroatoms. The highest BCUT2D eigenvalue weighted by atomic mass is 16.5. The molecule has 1 heterocycles. The van der Waals surface area contributed by atoms with Crippen molar-refractivity contribution in [3.05, 3.63) is 59.7 Å². The van der Waals surface area contributed by atoms with Gasteiger partial charge >= 0.3 is 12.1 Å². The molecule has 0 saturated carbocycles. The number of alkyl carbamates (subject to hydrolysis) is 1. The molecule has 1 unspecified atom stereocenters. The highest BCUT2D eigenvalue weighted by Crippen LogP contribution is 2.44. The van der Waals surface area contributed by atoms with Crippen LogP contribution in [0, 0.1) is 0 Å². The lowest BCUT2D eigenvalue weighted by Gasteiger charge is -2.42. The lowest BCUT2D eigenvalue weighted by Crippen LogP contribution is -2.58. The fourth-order valence-electron chi connectivity index (χ4n) is 5.17. The minimum absolute atomic E-state index is 0.0375. The fraction of sp³-hybridized carbons (Fsp3) is 0.444. The first-order valence-corrected chi connectivity index (χ1v) is 12.0. The summed E-state index contributed by atoms with van der Waals surface area (Å²) in [5, 5.41) is 12.5. The predicted molar refractivity (Wildman–Crippen MR) is 129 cm³/mol. The summed E-state index contributed by atoms with van der Waals surface area (Å²) in [7, 11) is 0. The Morgan fingerprint density at radius 3 is 2.29 bits per heavy atom. The van der Waals surface area contributed by atoms with Crippen LogP contribution in [0.25, 0.3) is 11.1 Å². The zero-order valence-electron chi connectivity index (χ0n) is 19.8. The highest BCUT2D eigenvalue weighted by Gasteiger charge is 2.44. The SMILES string of the molecule is CC[C@@H](CC(=O)N1CCCCC1(C)C(=O)O)NC(=O)OCC1c2ccccc2-c2ccccc21. The third-order valence-electron chi connectivity index (χ3n) is 7.23. The normalized spacial score (nSPS) is 20.2. The van der Waals surface area contributed by atoms with E-state index in [1.165, 1.54) is 4.90 Å². The number of benzene rings is 2. The molecule has 4 rings (SSSR count). The van der Waals surface area contributed by atoms with Crippen molar-refractivity contribution in [2.75, 3.05) is 13.2 Å². The van der Waals surface area contributed by atoms with Crippen LogP contribution in [0.3, 0.4) is 0 Å². The van der Waals surface area contributed by atoms with E-state index in [-0.39, 0.29) is 24.9 Å². The van der Waals surface area contributed by atoms with Crippen molar-refractivity contribution in [3.63, 3.8) is 0 Å². The summed E-state index contributed by atoms with van der Waals surface area (Å²) >= 11 is 0. The van der Waals surface area contributed by atoms with Crippen LogP contribution in [0.2, 0.25) is 0 Å². The Balaban J connectivity index is 1.37. The zero-order valence-corrected chi connectivity index (χ0v) is 19.8. The summed E-state index contributed by atoms with van der Waals surface area (Å²) < 4.78 is 5.61. The van der Waals surface area contributed by atoms with Gasteiger partial charge in [-0.1, -0.05) is 55.5 Å². The molecule has 2 N–H and O–H groups in total. The Hall–Kier alpha value is -3.35. The van der Waals surface area contributed by atoms with Crippen LogP contribution in [-0.2, 0) is 14.3 Å². The van der Waals surface area contributed by atoms with E-state index in [0.29, 0.717) is 19.4 Å². The minimum Gasteiger partial charge on any atom is -0.480 e. The molecule has 0 bridgehead atoms. The Morgan fingerprint density at radius 2 is 1.71 bits per heavy atom. The molecule has 1 saturated heterocycles. The molecule has 7 nitrogen and oxygen atoms in total. The van der Waals surface area contributed by atoms with Crippen molar-refractivity contribution in [2.24, 2.45) is 0 Å². The van der Waals surface area contributed by atoms with Crippen LogP contribution in [0.15, 0.2) is 48.5 Å². The predicted octanol–water partition coefficient (Wildman–Crippen LogP) is 4.55. The number of piperidine rings is 1. The average Bonchev–Trinajstić information content (AvgIpc) is 3.16. The van der Waals surface area contributed by atoms with Gasteiger partial charge in [0.1, 0.15) is 12.1 Å². The first-order valence-electron chi connectivity index (χ1n) is 12.0. The fourth-order valence-corrected chi connectivity index (χ4v) is 5.17. The first kappa shape index (κ1) is 23.8. The molecule has 180 valence electrons. The van der Waals surface area contributed by atoms with E-state index in [0.717, 1.165) is 35.1 Å². The smallest absolute Gasteiger partial charge is 0.407 e. The molecule has 2 aromatic carbocycles. The molecule has 0 aromatic heterocycles. The van der Waals surface area contributed by atoms with Gasteiger partial charge in [-0.25, -0.2) is 9.59 Å². The van der Waals surface area contributed by atoms with Crippen LogP contribution in [0.4, 0.5) is 4.79 Å². The van der Waals surface area contributed by atoms with E-state index in [4.69, 9.17) is 4.74 Å². The van der Waals surface area contributed by atoms with E-state index >= 15 is 0 Å². The number of likely N-dealkylation sites (tertiary alicyclic amines) is 1. The largest absolute Gasteiger partial charge is 0.480 e. The summed E-state index contributed by atoms with van der Waals surface area (Å²) in [4.78, 5) is 38.9. The summed E-state index contributed by atoms with van der Waals surface area (Å²) in [5.74, 6) is -1.28. The van der Waals surface area contributed by atoms with Crippen LogP contribution < -0.4 is 5.32 Å². The van der Waals surface area contributed by atoms with Crippen LogP contribution in [0.1, 0.15) is 63.0 Å². The number of aliphatic carboxylic acids is 1. The summed E-state index contributed by atoms with van der Waals surface area (Å²) in [6.07, 6.45) is 2.01. The van der Waals surface area contributed by atoms with Gasteiger partial charge in [0.25, 0.3) is 0 Å². The number of fused-ring (bicyclic) bond motifs is 3. The van der Waals surface area contributed by atoms with E-state index in [9.17, 15) is 19.5 Å². The van der Waals surface area contributed by atoms with E-state index < -0.39 is 23.6 Å². The average molecular weight is 465 g/mol. The molecule has 1 aliphatic heterocycles. The van der Waals surface area contributed by atoms with E-state index in [2.05, 4.69) is 29.6 Å². The number of carbonyl (C=O) groups excluding carboxylic acids is 2. The summed E-state index contributed by atoms with van der Waals surface area (Å²) in [5.41, 5.74) is 3.39. The van der Waals surface area contributed by atoms with Gasteiger partial charge in [-0.3, -0.25) is 4.79 Å². The number of nitrogens with one attached hydrogen (secondary N) is 1. The number of amides is 2. The maximum absolute atomic E-state index is 13.0. The van der Waals surface area contributed by atoms with E-state index in [1.807, 2.05) is 31.2 Å². The number of rotatable bonds is 7. The van der Waals surface area contributed by atoms with Gasteiger partial charge in [0.15, 0.2) is 0 Å². The van der Waals surface area contributed by atoms with Gasteiger partial charge in [0.2, 0.25) is 5.91 Å². The molecule has 2 aromatic rings. The molecule has 0 spiro atoms. The lowest BCUT2D eigenvalue weighted by atomic mass is 9.88. The molecule has 2 atom stereocenters. The van der Waals surface area contributed by atoms with Gasteiger partial charge in [-0.05, 0) is 54.9 Å². The first-order chi connectivity index (χ1) is 16.3. The van der Waals surface area contributed by atoms with Crippen molar-refractivity contribution in [1.29, 1.82) is 0 Å². The minimum atomic E-state index is -1.20. The number of carboxylic acids is 1. The Morgan fingerprint density at radius 1 is 1.09 bits per heavy atom. The van der Waals surface area contributed by atoms with Crippen molar-refractivity contribution in [1.82, 2.24) is 10.2 Å². The Kier molecular flexibility index (Phi) is 6.91. The molecule has 34 heavy (non-hydrogen) atoms. The number of carbonyl (C=O) groups is 3. The molecule has 1 aliphatic carbocycles.